The molecule has 1 heterocycles. The quantitative estimate of drug-likeness (QED) is 0.845. The van der Waals surface area contributed by atoms with Crippen molar-refractivity contribution in [1.29, 1.82) is 0 Å². The first-order valence-electron chi connectivity index (χ1n) is 6.23. The first kappa shape index (κ1) is 14.3. The molecule has 104 valence electrons. The second kappa shape index (κ2) is 6.39. The van der Waals surface area contributed by atoms with Crippen LogP contribution in [0.1, 0.15) is 21.6 Å². The summed E-state index contributed by atoms with van der Waals surface area (Å²) in [5.74, 6) is -0.0505. The molecule has 0 bridgehead atoms. The van der Waals surface area contributed by atoms with E-state index in [-0.39, 0.29) is 0 Å². The molecular weight excluding hydrogens is 272 g/mol. The summed E-state index contributed by atoms with van der Waals surface area (Å²) in [6.45, 7) is 4.60. The molecular formula is C16H16O3S. The van der Waals surface area contributed by atoms with Crippen LogP contribution in [-0.4, -0.2) is 11.1 Å². The number of rotatable bonds is 5. The first-order chi connectivity index (χ1) is 9.56. The highest BCUT2D eigenvalue weighted by molar-refractivity contribution is 7.10. The number of aryl methyl sites for hydroxylation is 1. The molecule has 0 unspecified atom stereocenters. The van der Waals surface area contributed by atoms with Crippen molar-refractivity contribution in [3.8, 4) is 5.75 Å². The molecule has 0 atom stereocenters. The molecule has 0 saturated carbocycles. The molecule has 0 spiro atoms. The zero-order valence-corrected chi connectivity index (χ0v) is 12.2. The number of thiophene rings is 1. The normalized spacial score (nSPS) is 10.9. The van der Waals surface area contributed by atoms with Gasteiger partial charge in [-0.05, 0) is 54.1 Å². The van der Waals surface area contributed by atoms with E-state index in [1.165, 1.54) is 5.56 Å². The number of carboxylic acids is 1. The number of hydrogen-bond acceptors (Lipinski definition) is 3. The third kappa shape index (κ3) is 3.71. The van der Waals surface area contributed by atoms with E-state index in [0.29, 0.717) is 6.61 Å². The van der Waals surface area contributed by atoms with Crippen LogP contribution >= 0.6 is 11.3 Å². The third-order valence-electron chi connectivity index (χ3n) is 3.02. The molecule has 0 aliphatic carbocycles. The Morgan fingerprint density at radius 2 is 2.20 bits per heavy atom. The van der Waals surface area contributed by atoms with E-state index in [9.17, 15) is 4.79 Å². The van der Waals surface area contributed by atoms with Crippen LogP contribution < -0.4 is 4.74 Å². The number of aliphatic carboxylic acids is 1. The maximum Gasteiger partial charge on any atom is 0.328 e. The maximum absolute atomic E-state index is 10.5. The minimum absolute atomic E-state index is 0.496. The Balaban J connectivity index is 2.01. The topological polar surface area (TPSA) is 46.5 Å². The first-order valence-corrected chi connectivity index (χ1v) is 7.11. The summed E-state index contributed by atoms with van der Waals surface area (Å²) in [5, 5.41) is 10.5. The highest BCUT2D eigenvalue weighted by Gasteiger charge is 2.04. The second-order valence-corrected chi connectivity index (χ2v) is 5.50. The van der Waals surface area contributed by atoms with Gasteiger partial charge < -0.3 is 9.84 Å². The van der Waals surface area contributed by atoms with Crippen molar-refractivity contribution in [1.82, 2.24) is 0 Å². The fraction of sp³-hybridized carbons (Fsp3) is 0.188. The van der Waals surface area contributed by atoms with Gasteiger partial charge in [0.25, 0.3) is 0 Å². The summed E-state index contributed by atoms with van der Waals surface area (Å²) < 4.78 is 5.81. The molecule has 2 rings (SSSR count). The van der Waals surface area contributed by atoms with E-state index >= 15 is 0 Å². The zero-order chi connectivity index (χ0) is 14.5. The van der Waals surface area contributed by atoms with Gasteiger partial charge >= 0.3 is 5.97 Å². The monoisotopic (exact) mass is 288 g/mol. The average molecular weight is 288 g/mol. The van der Waals surface area contributed by atoms with Gasteiger partial charge in [0.2, 0.25) is 0 Å². The Bertz CT molecular complexity index is 641. The lowest BCUT2D eigenvalue weighted by Gasteiger charge is -2.09. The Kier molecular flexibility index (Phi) is 4.58. The van der Waals surface area contributed by atoms with E-state index < -0.39 is 5.97 Å². The van der Waals surface area contributed by atoms with Gasteiger partial charge in [-0.2, -0.15) is 0 Å². The van der Waals surface area contributed by atoms with Crippen molar-refractivity contribution in [3.05, 3.63) is 57.3 Å². The minimum atomic E-state index is -0.940. The van der Waals surface area contributed by atoms with Gasteiger partial charge in [0, 0.05) is 11.0 Å². The molecule has 2 aromatic rings. The van der Waals surface area contributed by atoms with E-state index in [4.69, 9.17) is 9.84 Å². The van der Waals surface area contributed by atoms with Crippen molar-refractivity contribution in [2.24, 2.45) is 0 Å². The van der Waals surface area contributed by atoms with E-state index in [1.54, 1.807) is 17.4 Å². The van der Waals surface area contributed by atoms with Crippen molar-refractivity contribution in [2.45, 2.75) is 20.5 Å². The molecule has 0 saturated heterocycles. The predicted molar refractivity (Wildman–Crippen MR) is 81.2 cm³/mol. The summed E-state index contributed by atoms with van der Waals surface area (Å²) in [7, 11) is 0. The van der Waals surface area contributed by atoms with Gasteiger partial charge in [-0.3, -0.25) is 0 Å². The number of hydrogen-bond donors (Lipinski definition) is 1. The number of carboxylic acid groups (broad SMARTS) is 1. The Hall–Kier alpha value is -2.07. The highest BCUT2D eigenvalue weighted by atomic mass is 32.1. The summed E-state index contributed by atoms with van der Waals surface area (Å²) in [6, 6.07) is 7.94. The van der Waals surface area contributed by atoms with Crippen molar-refractivity contribution >= 4 is 23.4 Å². The number of carbonyl (C=O) groups is 1. The Morgan fingerprint density at radius 1 is 1.40 bits per heavy atom. The van der Waals surface area contributed by atoms with Crippen LogP contribution in [0.25, 0.3) is 6.08 Å². The SMILES string of the molecule is Cc1cccc(OCc2cc(C=CC(=O)O)cs2)c1C. The van der Waals surface area contributed by atoms with E-state index in [1.807, 2.05) is 30.5 Å². The van der Waals surface area contributed by atoms with Gasteiger partial charge in [0.15, 0.2) is 0 Å². The maximum atomic E-state index is 10.5. The molecule has 0 aliphatic heterocycles. The van der Waals surface area contributed by atoms with Gasteiger partial charge in [-0.25, -0.2) is 4.79 Å². The molecule has 0 amide bonds. The molecule has 0 radical (unpaired) electrons. The minimum Gasteiger partial charge on any atom is -0.488 e. The van der Waals surface area contributed by atoms with Gasteiger partial charge in [-0.15, -0.1) is 11.3 Å². The molecule has 1 N–H and O–H groups in total. The Labute approximate surface area is 122 Å². The fourth-order valence-electron chi connectivity index (χ4n) is 1.76. The highest BCUT2D eigenvalue weighted by Crippen LogP contribution is 2.23. The van der Waals surface area contributed by atoms with E-state index in [2.05, 4.69) is 13.0 Å². The van der Waals surface area contributed by atoms with Gasteiger partial charge in [0.1, 0.15) is 12.4 Å². The lowest BCUT2D eigenvalue weighted by Crippen LogP contribution is -1.96. The van der Waals surface area contributed by atoms with Crippen molar-refractivity contribution in [3.63, 3.8) is 0 Å². The van der Waals surface area contributed by atoms with Gasteiger partial charge in [-0.1, -0.05) is 12.1 Å². The zero-order valence-electron chi connectivity index (χ0n) is 11.4. The van der Waals surface area contributed by atoms with Crippen LogP contribution in [0.15, 0.2) is 35.7 Å². The number of benzene rings is 1. The predicted octanol–water partition coefficient (Wildman–Crippen LogP) is 4.04. The smallest absolute Gasteiger partial charge is 0.328 e. The average Bonchev–Trinajstić information content (AvgIpc) is 2.86. The van der Waals surface area contributed by atoms with Crippen LogP contribution in [0, 0.1) is 13.8 Å². The van der Waals surface area contributed by atoms with E-state index in [0.717, 1.165) is 27.8 Å². The standard InChI is InChI=1S/C16H16O3S/c1-11-4-3-5-15(12(11)2)19-9-14-8-13(10-20-14)6-7-16(17)18/h3-8,10H,9H2,1-2H3,(H,17,18). The van der Waals surface area contributed by atoms with Crippen LogP contribution in [0.5, 0.6) is 5.75 Å². The molecule has 20 heavy (non-hydrogen) atoms. The summed E-state index contributed by atoms with van der Waals surface area (Å²) in [6.07, 6.45) is 2.72. The summed E-state index contributed by atoms with van der Waals surface area (Å²) in [5.41, 5.74) is 3.24. The van der Waals surface area contributed by atoms with Crippen LogP contribution in [0.4, 0.5) is 0 Å². The summed E-state index contributed by atoms with van der Waals surface area (Å²) >= 11 is 1.56. The summed E-state index contributed by atoms with van der Waals surface area (Å²) in [4.78, 5) is 11.5. The lowest BCUT2D eigenvalue weighted by atomic mass is 10.1. The van der Waals surface area contributed by atoms with Crippen molar-refractivity contribution in [2.75, 3.05) is 0 Å². The van der Waals surface area contributed by atoms with Crippen LogP contribution in [0.3, 0.4) is 0 Å². The second-order valence-electron chi connectivity index (χ2n) is 4.50. The van der Waals surface area contributed by atoms with Crippen LogP contribution in [-0.2, 0) is 11.4 Å². The largest absolute Gasteiger partial charge is 0.488 e. The van der Waals surface area contributed by atoms with Gasteiger partial charge in [0.05, 0.1) is 0 Å². The molecule has 3 nitrogen and oxygen atoms in total. The van der Waals surface area contributed by atoms with Crippen LogP contribution in [0.2, 0.25) is 0 Å². The molecule has 4 heteroatoms. The lowest BCUT2D eigenvalue weighted by molar-refractivity contribution is -0.131. The molecule has 1 aromatic carbocycles. The van der Waals surface area contributed by atoms with Crippen molar-refractivity contribution < 1.29 is 14.6 Å². The Morgan fingerprint density at radius 3 is 2.95 bits per heavy atom. The molecule has 0 aliphatic rings. The molecule has 0 fully saturated rings. The number of ether oxygens (including phenoxy) is 1. The third-order valence-corrected chi connectivity index (χ3v) is 3.95. The fourth-order valence-corrected chi connectivity index (χ4v) is 2.52. The molecule has 1 aromatic heterocycles.